The van der Waals surface area contributed by atoms with Gasteiger partial charge in [-0.05, 0) is 13.3 Å². The second-order valence-corrected chi connectivity index (χ2v) is 3.78. The first-order chi connectivity index (χ1) is 8.61. The molecule has 0 heterocycles. The highest BCUT2D eigenvalue weighted by Gasteiger charge is 2.31. The van der Waals surface area contributed by atoms with Gasteiger partial charge >= 0.3 is 5.97 Å². The van der Waals surface area contributed by atoms with E-state index in [9.17, 15) is 14.4 Å². The minimum atomic E-state index is -0.952. The first kappa shape index (κ1) is 14.1. The number of carbonyl (C=O) groups is 3. The molecule has 96 valence electrons. The third-order valence-corrected chi connectivity index (χ3v) is 2.58. The van der Waals surface area contributed by atoms with Crippen LogP contribution in [0.15, 0.2) is 30.3 Å². The van der Waals surface area contributed by atoms with Crippen LogP contribution in [-0.2, 0) is 14.3 Å². The molecule has 1 rings (SSSR count). The minimum Gasteiger partial charge on any atom is -0.460 e. The largest absolute Gasteiger partial charge is 0.460 e. The number of hydrogen-bond acceptors (Lipinski definition) is 4. The zero-order valence-corrected chi connectivity index (χ0v) is 10.5. The van der Waals surface area contributed by atoms with Gasteiger partial charge < -0.3 is 4.74 Å². The van der Waals surface area contributed by atoms with Crippen molar-refractivity contribution in [1.29, 1.82) is 0 Å². The van der Waals surface area contributed by atoms with Crippen LogP contribution in [0.1, 0.15) is 30.6 Å². The van der Waals surface area contributed by atoms with E-state index in [1.165, 1.54) is 0 Å². The van der Waals surface area contributed by atoms with Crippen LogP contribution in [0, 0.1) is 5.92 Å². The van der Waals surface area contributed by atoms with E-state index in [1.54, 1.807) is 44.2 Å². The van der Waals surface area contributed by atoms with Crippen molar-refractivity contribution in [3.05, 3.63) is 35.9 Å². The predicted molar refractivity (Wildman–Crippen MR) is 66.2 cm³/mol. The van der Waals surface area contributed by atoms with Crippen LogP contribution in [0.25, 0.3) is 0 Å². The Labute approximate surface area is 106 Å². The zero-order valence-electron chi connectivity index (χ0n) is 10.5. The number of benzene rings is 1. The van der Waals surface area contributed by atoms with Crippen LogP contribution in [0.4, 0.5) is 0 Å². The number of esters is 1. The summed E-state index contributed by atoms with van der Waals surface area (Å²) in [6.45, 7) is 3.44. The molecular formula is C14H16O4. The Balaban J connectivity index is 2.87. The van der Waals surface area contributed by atoms with E-state index in [2.05, 4.69) is 4.74 Å². The molecule has 1 atom stereocenters. The van der Waals surface area contributed by atoms with Crippen molar-refractivity contribution >= 4 is 17.5 Å². The maximum Gasteiger partial charge on any atom is 0.375 e. The number of Topliss-reactive ketones (excluding diaryl/α,β-unsaturated/α-hetero) is 2. The number of hydrogen-bond donors (Lipinski definition) is 0. The fraction of sp³-hybridized carbons (Fsp3) is 0.357. The van der Waals surface area contributed by atoms with Crippen molar-refractivity contribution in [3.8, 4) is 0 Å². The molecule has 0 radical (unpaired) electrons. The normalized spacial score (nSPS) is 11.7. The lowest BCUT2D eigenvalue weighted by molar-refractivity contribution is -0.154. The summed E-state index contributed by atoms with van der Waals surface area (Å²) in [6, 6.07) is 8.47. The van der Waals surface area contributed by atoms with Gasteiger partial charge in [0, 0.05) is 5.56 Å². The predicted octanol–water partition coefficient (Wildman–Crippen LogP) is 2.03. The first-order valence-electron chi connectivity index (χ1n) is 5.92. The molecule has 0 spiro atoms. The van der Waals surface area contributed by atoms with E-state index in [4.69, 9.17) is 0 Å². The van der Waals surface area contributed by atoms with Gasteiger partial charge in [0.05, 0.1) is 12.5 Å². The molecule has 0 aliphatic carbocycles. The van der Waals surface area contributed by atoms with E-state index in [0.29, 0.717) is 5.56 Å². The summed E-state index contributed by atoms with van der Waals surface area (Å²) < 4.78 is 4.63. The molecule has 0 aliphatic rings. The summed E-state index contributed by atoms with van der Waals surface area (Å²) in [5.41, 5.74) is 0.432. The molecule has 0 amide bonds. The van der Waals surface area contributed by atoms with Crippen LogP contribution in [0.2, 0.25) is 0 Å². The molecule has 0 N–H and O–H groups in total. The standard InChI is InChI=1S/C14H16O4/c1-3-11(13(16)14(17)18-4-2)12(15)10-8-6-5-7-9-10/h5-9,11H,3-4H2,1-2H3. The highest BCUT2D eigenvalue weighted by molar-refractivity contribution is 6.39. The number of carbonyl (C=O) groups excluding carboxylic acids is 3. The Morgan fingerprint density at radius 1 is 1.11 bits per heavy atom. The van der Waals surface area contributed by atoms with Gasteiger partial charge in [0.15, 0.2) is 5.78 Å². The average molecular weight is 248 g/mol. The van der Waals surface area contributed by atoms with Crippen LogP contribution >= 0.6 is 0 Å². The van der Waals surface area contributed by atoms with E-state index in [1.807, 2.05) is 0 Å². The molecule has 0 saturated heterocycles. The van der Waals surface area contributed by atoms with Gasteiger partial charge in [-0.1, -0.05) is 37.3 Å². The smallest absolute Gasteiger partial charge is 0.375 e. The fourth-order valence-corrected chi connectivity index (χ4v) is 1.64. The SMILES string of the molecule is CCOC(=O)C(=O)C(CC)C(=O)c1ccccc1. The Morgan fingerprint density at radius 2 is 1.72 bits per heavy atom. The lowest BCUT2D eigenvalue weighted by Crippen LogP contribution is -2.31. The fourth-order valence-electron chi connectivity index (χ4n) is 1.64. The molecule has 0 aromatic heterocycles. The van der Waals surface area contributed by atoms with Crippen molar-refractivity contribution in [1.82, 2.24) is 0 Å². The highest BCUT2D eigenvalue weighted by atomic mass is 16.5. The molecule has 1 aromatic carbocycles. The van der Waals surface area contributed by atoms with E-state index >= 15 is 0 Å². The Kier molecular flexibility index (Phi) is 5.24. The van der Waals surface area contributed by atoms with Crippen LogP contribution in [0.3, 0.4) is 0 Å². The number of ether oxygens (including phenoxy) is 1. The van der Waals surface area contributed by atoms with E-state index < -0.39 is 17.7 Å². The summed E-state index contributed by atoms with van der Waals surface area (Å²) >= 11 is 0. The quantitative estimate of drug-likeness (QED) is 0.334. The van der Waals surface area contributed by atoms with Gasteiger partial charge in [0.2, 0.25) is 0 Å². The molecule has 4 heteroatoms. The molecule has 4 nitrogen and oxygen atoms in total. The first-order valence-corrected chi connectivity index (χ1v) is 5.92. The zero-order chi connectivity index (χ0) is 13.5. The molecule has 18 heavy (non-hydrogen) atoms. The maximum absolute atomic E-state index is 12.1. The average Bonchev–Trinajstić information content (AvgIpc) is 2.40. The van der Waals surface area contributed by atoms with E-state index in [0.717, 1.165) is 0 Å². The second-order valence-electron chi connectivity index (χ2n) is 3.78. The maximum atomic E-state index is 12.1. The molecule has 1 aromatic rings. The summed E-state index contributed by atoms with van der Waals surface area (Å²) in [7, 11) is 0. The van der Waals surface area contributed by atoms with Gasteiger partial charge in [0.25, 0.3) is 5.78 Å². The van der Waals surface area contributed by atoms with Crippen LogP contribution < -0.4 is 0 Å². The number of rotatable bonds is 6. The third kappa shape index (κ3) is 3.26. The Morgan fingerprint density at radius 3 is 2.22 bits per heavy atom. The second kappa shape index (κ2) is 6.69. The molecular weight excluding hydrogens is 232 g/mol. The van der Waals surface area contributed by atoms with Gasteiger partial charge in [0.1, 0.15) is 0 Å². The summed E-state index contributed by atoms with van der Waals surface area (Å²) in [6.07, 6.45) is 0.283. The molecule has 1 unspecified atom stereocenters. The highest BCUT2D eigenvalue weighted by Crippen LogP contribution is 2.14. The lowest BCUT2D eigenvalue weighted by Gasteiger charge is -2.11. The van der Waals surface area contributed by atoms with Gasteiger partial charge in [-0.2, -0.15) is 0 Å². The van der Waals surface area contributed by atoms with Crippen LogP contribution in [0.5, 0.6) is 0 Å². The van der Waals surface area contributed by atoms with Gasteiger partial charge in [-0.15, -0.1) is 0 Å². The van der Waals surface area contributed by atoms with Crippen molar-refractivity contribution in [3.63, 3.8) is 0 Å². The van der Waals surface area contributed by atoms with Crippen molar-refractivity contribution in [2.45, 2.75) is 20.3 Å². The summed E-state index contributed by atoms with van der Waals surface area (Å²) in [5, 5.41) is 0. The monoisotopic (exact) mass is 248 g/mol. The van der Waals surface area contributed by atoms with E-state index in [-0.39, 0.29) is 18.8 Å². The van der Waals surface area contributed by atoms with Crippen molar-refractivity contribution < 1.29 is 19.1 Å². The van der Waals surface area contributed by atoms with Crippen molar-refractivity contribution in [2.75, 3.05) is 6.61 Å². The molecule has 0 fully saturated rings. The summed E-state index contributed by atoms with van der Waals surface area (Å²) in [4.78, 5) is 35.2. The molecule has 0 aliphatic heterocycles. The third-order valence-electron chi connectivity index (χ3n) is 2.58. The lowest BCUT2D eigenvalue weighted by atomic mass is 9.91. The Bertz CT molecular complexity index is 436. The Hall–Kier alpha value is -1.97. The van der Waals surface area contributed by atoms with Gasteiger partial charge in [-0.25, -0.2) is 4.79 Å². The topological polar surface area (TPSA) is 60.4 Å². The number of ketones is 2. The van der Waals surface area contributed by atoms with Crippen LogP contribution in [-0.4, -0.2) is 24.1 Å². The van der Waals surface area contributed by atoms with Gasteiger partial charge in [-0.3, -0.25) is 9.59 Å². The minimum absolute atomic E-state index is 0.126. The molecule has 0 saturated carbocycles. The molecule has 0 bridgehead atoms. The van der Waals surface area contributed by atoms with Crippen molar-refractivity contribution in [2.24, 2.45) is 5.92 Å². The summed E-state index contributed by atoms with van der Waals surface area (Å²) in [5.74, 6) is -3.00.